The van der Waals surface area contributed by atoms with Gasteiger partial charge in [-0.05, 0) is 12.1 Å². The van der Waals surface area contributed by atoms with Gasteiger partial charge in [-0.15, -0.1) is 25.3 Å². The summed E-state index contributed by atoms with van der Waals surface area (Å²) < 4.78 is 16.1. The van der Waals surface area contributed by atoms with Crippen molar-refractivity contribution in [3.63, 3.8) is 0 Å². The fraction of sp³-hybridized carbons (Fsp3) is 0.333. The van der Waals surface area contributed by atoms with Crippen molar-refractivity contribution in [2.45, 2.75) is 9.79 Å². The number of thiol groups is 2. The third-order valence-electron chi connectivity index (χ3n) is 2.13. The van der Waals surface area contributed by atoms with Crippen molar-refractivity contribution in [3.8, 4) is 0 Å². The van der Waals surface area contributed by atoms with Gasteiger partial charge in [-0.25, -0.2) is 0 Å². The molecule has 0 aliphatic carbocycles. The zero-order chi connectivity index (χ0) is 11.5. The average molecular weight is 262 g/mol. The number of hydrogen-bond donors (Lipinski definition) is 2. The van der Waals surface area contributed by atoms with Gasteiger partial charge >= 0.3 is 8.80 Å². The van der Waals surface area contributed by atoms with E-state index in [2.05, 4.69) is 25.3 Å². The van der Waals surface area contributed by atoms with Crippen molar-refractivity contribution in [3.05, 3.63) is 18.2 Å². The Hall–Kier alpha value is 0.0169. The molecule has 0 aromatic heterocycles. The van der Waals surface area contributed by atoms with E-state index in [9.17, 15) is 0 Å². The van der Waals surface area contributed by atoms with Crippen LogP contribution in [0.25, 0.3) is 0 Å². The molecule has 6 heteroatoms. The maximum absolute atomic E-state index is 5.38. The SMILES string of the molecule is CO[Si](OC)(OC)c1c(S)cccc1S. The lowest BCUT2D eigenvalue weighted by Crippen LogP contribution is -2.55. The van der Waals surface area contributed by atoms with E-state index in [1.54, 1.807) is 21.3 Å². The molecule has 0 aliphatic rings. The molecule has 0 heterocycles. The van der Waals surface area contributed by atoms with E-state index in [-0.39, 0.29) is 0 Å². The summed E-state index contributed by atoms with van der Waals surface area (Å²) in [5.41, 5.74) is 0. The Balaban J connectivity index is 3.34. The second kappa shape index (κ2) is 5.38. The van der Waals surface area contributed by atoms with E-state index in [4.69, 9.17) is 13.3 Å². The summed E-state index contributed by atoms with van der Waals surface area (Å²) in [6.45, 7) is 0. The molecular formula is C9H14O3S2Si. The van der Waals surface area contributed by atoms with Gasteiger partial charge in [0.15, 0.2) is 0 Å². The molecule has 0 bridgehead atoms. The van der Waals surface area contributed by atoms with Crippen LogP contribution >= 0.6 is 25.3 Å². The molecule has 0 amide bonds. The summed E-state index contributed by atoms with van der Waals surface area (Å²) in [5.74, 6) is 0. The molecule has 0 radical (unpaired) electrons. The second-order valence-electron chi connectivity index (χ2n) is 2.84. The number of rotatable bonds is 4. The second-order valence-corrected chi connectivity index (χ2v) is 6.64. The van der Waals surface area contributed by atoms with Gasteiger partial charge < -0.3 is 13.3 Å². The van der Waals surface area contributed by atoms with Crippen LogP contribution in [0.15, 0.2) is 28.0 Å². The lowest BCUT2D eigenvalue weighted by molar-refractivity contribution is 0.139. The van der Waals surface area contributed by atoms with Crippen LogP contribution in [-0.4, -0.2) is 30.1 Å². The Bertz CT molecular complexity index is 314. The molecule has 0 saturated carbocycles. The Morgan fingerprint density at radius 1 is 0.933 bits per heavy atom. The lowest BCUT2D eigenvalue weighted by atomic mass is 10.4. The number of hydrogen-bond acceptors (Lipinski definition) is 5. The maximum atomic E-state index is 5.38. The smallest absolute Gasteiger partial charge is 0.373 e. The highest BCUT2D eigenvalue weighted by Crippen LogP contribution is 2.18. The molecule has 0 aliphatic heterocycles. The summed E-state index contributed by atoms with van der Waals surface area (Å²) in [6, 6.07) is 5.59. The highest BCUT2D eigenvalue weighted by molar-refractivity contribution is 7.81. The van der Waals surface area contributed by atoms with Gasteiger partial charge in [0, 0.05) is 36.3 Å². The summed E-state index contributed by atoms with van der Waals surface area (Å²) >= 11 is 8.74. The maximum Gasteiger partial charge on any atom is 0.538 e. The molecule has 1 rings (SSSR count). The third kappa shape index (κ3) is 2.40. The van der Waals surface area contributed by atoms with Crippen LogP contribution < -0.4 is 5.19 Å². The highest BCUT2D eigenvalue weighted by atomic mass is 32.1. The largest absolute Gasteiger partial charge is 0.538 e. The van der Waals surface area contributed by atoms with Crippen molar-refractivity contribution in [2.75, 3.05) is 21.3 Å². The summed E-state index contributed by atoms with van der Waals surface area (Å²) in [4.78, 5) is 1.53. The first-order chi connectivity index (χ1) is 7.11. The summed E-state index contributed by atoms with van der Waals surface area (Å²) in [6.07, 6.45) is 0. The van der Waals surface area contributed by atoms with Crippen LogP contribution in [0, 0.1) is 0 Å². The van der Waals surface area contributed by atoms with Gasteiger partial charge in [-0.1, -0.05) is 6.07 Å². The van der Waals surface area contributed by atoms with Crippen molar-refractivity contribution in [2.24, 2.45) is 0 Å². The molecule has 0 fully saturated rings. The Morgan fingerprint density at radius 2 is 1.33 bits per heavy atom. The average Bonchev–Trinajstić information content (AvgIpc) is 2.24. The summed E-state index contributed by atoms with van der Waals surface area (Å²) in [7, 11) is 1.85. The predicted octanol–water partition coefficient (Wildman–Crippen LogP) is 1.35. The van der Waals surface area contributed by atoms with E-state index in [1.807, 2.05) is 18.2 Å². The minimum Gasteiger partial charge on any atom is -0.373 e. The molecule has 0 unspecified atom stereocenters. The molecule has 0 saturated heterocycles. The zero-order valence-corrected chi connectivity index (χ0v) is 11.6. The Kier molecular flexibility index (Phi) is 4.69. The highest BCUT2D eigenvalue weighted by Gasteiger charge is 2.43. The number of benzene rings is 1. The van der Waals surface area contributed by atoms with Crippen molar-refractivity contribution in [1.29, 1.82) is 0 Å². The van der Waals surface area contributed by atoms with E-state index >= 15 is 0 Å². The minimum absolute atomic E-state index is 0.764. The molecular weight excluding hydrogens is 248 g/mol. The zero-order valence-electron chi connectivity index (χ0n) is 8.85. The van der Waals surface area contributed by atoms with Crippen LogP contribution in [0.4, 0.5) is 0 Å². The van der Waals surface area contributed by atoms with Gasteiger partial charge in [0.2, 0.25) is 0 Å². The normalized spacial score (nSPS) is 11.8. The van der Waals surface area contributed by atoms with Crippen LogP contribution in [-0.2, 0) is 13.3 Å². The van der Waals surface area contributed by atoms with Gasteiger partial charge in [0.05, 0.1) is 0 Å². The van der Waals surface area contributed by atoms with Crippen molar-refractivity contribution >= 4 is 39.2 Å². The Labute approximate surface area is 102 Å². The van der Waals surface area contributed by atoms with Crippen molar-refractivity contribution < 1.29 is 13.3 Å². The van der Waals surface area contributed by atoms with E-state index < -0.39 is 8.80 Å². The fourth-order valence-electron chi connectivity index (χ4n) is 1.40. The summed E-state index contributed by atoms with van der Waals surface area (Å²) in [5, 5.41) is 0.796. The van der Waals surface area contributed by atoms with Crippen LogP contribution in [0.5, 0.6) is 0 Å². The first-order valence-electron chi connectivity index (χ1n) is 4.28. The molecule has 0 atom stereocenters. The van der Waals surface area contributed by atoms with Crippen LogP contribution in [0.2, 0.25) is 0 Å². The quantitative estimate of drug-likeness (QED) is 0.634. The third-order valence-corrected chi connectivity index (χ3v) is 6.06. The van der Waals surface area contributed by atoms with E-state index in [1.165, 1.54) is 0 Å². The van der Waals surface area contributed by atoms with Gasteiger partial charge in [-0.2, -0.15) is 0 Å². The van der Waals surface area contributed by atoms with Gasteiger partial charge in [0.25, 0.3) is 0 Å². The molecule has 3 nitrogen and oxygen atoms in total. The van der Waals surface area contributed by atoms with Gasteiger partial charge in [-0.3, -0.25) is 0 Å². The molecule has 1 aromatic rings. The molecule has 0 N–H and O–H groups in total. The lowest BCUT2D eigenvalue weighted by Gasteiger charge is -2.26. The predicted molar refractivity (Wildman–Crippen MR) is 67.4 cm³/mol. The molecule has 0 spiro atoms. The fourth-order valence-corrected chi connectivity index (χ4v) is 4.63. The Morgan fingerprint density at radius 3 is 1.67 bits per heavy atom. The topological polar surface area (TPSA) is 27.7 Å². The molecule has 15 heavy (non-hydrogen) atoms. The molecule has 1 aromatic carbocycles. The standard InChI is InChI=1S/C9H14O3S2Si/c1-10-15(11-2,12-3)9-7(13)5-4-6-8(9)14/h4-6,13-14H,1-3H3. The minimum atomic E-state index is -2.84. The van der Waals surface area contributed by atoms with E-state index in [0.29, 0.717) is 0 Å². The first kappa shape index (κ1) is 13.1. The monoisotopic (exact) mass is 262 g/mol. The van der Waals surface area contributed by atoms with E-state index in [0.717, 1.165) is 15.0 Å². The molecule has 84 valence electrons. The first-order valence-corrected chi connectivity index (χ1v) is 6.90. The van der Waals surface area contributed by atoms with Gasteiger partial charge in [0.1, 0.15) is 0 Å². The van der Waals surface area contributed by atoms with Crippen LogP contribution in [0.3, 0.4) is 0 Å². The van der Waals surface area contributed by atoms with Crippen LogP contribution in [0.1, 0.15) is 0 Å². The van der Waals surface area contributed by atoms with Crippen molar-refractivity contribution in [1.82, 2.24) is 0 Å².